The first kappa shape index (κ1) is 23.0. The average molecular weight is 449 g/mol. The minimum Gasteiger partial charge on any atom is -0.489 e. The Bertz CT molecular complexity index is 1110. The van der Waals surface area contributed by atoms with Crippen LogP contribution in [0.5, 0.6) is 11.5 Å². The van der Waals surface area contributed by atoms with Crippen molar-refractivity contribution in [1.29, 1.82) is 0 Å². The van der Waals surface area contributed by atoms with Crippen molar-refractivity contribution in [2.75, 3.05) is 13.2 Å². The molecule has 0 saturated heterocycles. The second-order valence-electron chi connectivity index (χ2n) is 7.68. The van der Waals surface area contributed by atoms with Crippen LogP contribution < -0.4 is 9.47 Å². The zero-order valence-electron chi connectivity index (χ0n) is 19.1. The molecule has 0 fully saturated rings. The standard InChI is InChI=1S/C30H28N2O2/c1-3-11-25(12-4-1)21-31-23-27-15-7-9-17-29(27)33-19-20-34-30-18-10-8-16-28(30)24-32-22-26-13-5-2-6-14-26/h1-18,23-24H,19-22H2. The van der Waals surface area contributed by atoms with Crippen molar-refractivity contribution in [3.63, 3.8) is 0 Å². The van der Waals surface area contributed by atoms with E-state index < -0.39 is 0 Å². The third-order valence-corrected chi connectivity index (χ3v) is 5.13. The van der Waals surface area contributed by atoms with E-state index >= 15 is 0 Å². The molecule has 4 rings (SSSR count). The molecular weight excluding hydrogens is 420 g/mol. The smallest absolute Gasteiger partial charge is 0.128 e. The first-order valence-electron chi connectivity index (χ1n) is 11.4. The van der Waals surface area contributed by atoms with E-state index in [0.717, 1.165) is 22.6 Å². The maximum atomic E-state index is 5.99. The van der Waals surface area contributed by atoms with Crippen molar-refractivity contribution in [2.24, 2.45) is 9.98 Å². The molecule has 0 N–H and O–H groups in total. The van der Waals surface area contributed by atoms with Gasteiger partial charge in [0, 0.05) is 23.6 Å². The van der Waals surface area contributed by atoms with Crippen molar-refractivity contribution in [3.05, 3.63) is 131 Å². The van der Waals surface area contributed by atoms with Crippen LogP contribution in [0.3, 0.4) is 0 Å². The molecule has 34 heavy (non-hydrogen) atoms. The highest BCUT2D eigenvalue weighted by atomic mass is 16.5. The van der Waals surface area contributed by atoms with Crippen LogP contribution in [0.4, 0.5) is 0 Å². The fourth-order valence-electron chi connectivity index (χ4n) is 3.41. The maximum absolute atomic E-state index is 5.99. The van der Waals surface area contributed by atoms with Crippen LogP contribution >= 0.6 is 0 Å². The molecule has 4 aromatic carbocycles. The molecule has 0 aliphatic heterocycles. The quantitative estimate of drug-likeness (QED) is 0.197. The van der Waals surface area contributed by atoms with Crippen LogP contribution in [0.1, 0.15) is 22.3 Å². The van der Waals surface area contributed by atoms with Crippen molar-refractivity contribution in [1.82, 2.24) is 0 Å². The minimum atomic E-state index is 0.430. The third kappa shape index (κ3) is 7.17. The summed E-state index contributed by atoms with van der Waals surface area (Å²) in [5.41, 5.74) is 4.26. The Morgan fingerprint density at radius 1 is 0.471 bits per heavy atom. The van der Waals surface area contributed by atoms with E-state index in [9.17, 15) is 0 Å². The lowest BCUT2D eigenvalue weighted by atomic mass is 10.2. The van der Waals surface area contributed by atoms with Gasteiger partial charge in [0.05, 0.1) is 13.1 Å². The summed E-state index contributed by atoms with van der Waals surface area (Å²) in [4.78, 5) is 9.12. The normalized spacial score (nSPS) is 11.2. The highest BCUT2D eigenvalue weighted by Crippen LogP contribution is 2.18. The second kappa shape index (κ2) is 12.8. The van der Waals surface area contributed by atoms with Crippen LogP contribution in [-0.4, -0.2) is 25.6 Å². The first-order valence-corrected chi connectivity index (χ1v) is 11.4. The number of hydrogen-bond donors (Lipinski definition) is 0. The molecule has 0 heterocycles. The highest BCUT2D eigenvalue weighted by molar-refractivity contribution is 5.84. The fourth-order valence-corrected chi connectivity index (χ4v) is 3.41. The molecule has 0 spiro atoms. The molecule has 0 aliphatic rings. The summed E-state index contributed by atoms with van der Waals surface area (Å²) >= 11 is 0. The van der Waals surface area contributed by atoms with Gasteiger partial charge in [0.25, 0.3) is 0 Å². The van der Waals surface area contributed by atoms with Crippen molar-refractivity contribution < 1.29 is 9.47 Å². The van der Waals surface area contributed by atoms with Gasteiger partial charge < -0.3 is 9.47 Å². The van der Waals surface area contributed by atoms with Crippen LogP contribution in [0.25, 0.3) is 0 Å². The number of benzene rings is 4. The summed E-state index contributed by atoms with van der Waals surface area (Å²) in [5, 5.41) is 0. The van der Waals surface area contributed by atoms with Gasteiger partial charge in [0.1, 0.15) is 24.7 Å². The molecule has 170 valence electrons. The number of rotatable bonds is 11. The number of hydrogen-bond acceptors (Lipinski definition) is 4. The van der Waals surface area contributed by atoms with Crippen LogP contribution in [0.15, 0.2) is 119 Å². The predicted octanol–water partition coefficient (Wildman–Crippen LogP) is 6.38. The molecule has 4 aromatic rings. The van der Waals surface area contributed by atoms with E-state index in [1.807, 2.05) is 97.4 Å². The maximum Gasteiger partial charge on any atom is 0.128 e. The predicted molar refractivity (Wildman–Crippen MR) is 139 cm³/mol. The van der Waals surface area contributed by atoms with Crippen LogP contribution in [-0.2, 0) is 13.1 Å². The lowest BCUT2D eigenvalue weighted by Gasteiger charge is -2.11. The Balaban J connectivity index is 1.29. The molecule has 0 bridgehead atoms. The Hall–Kier alpha value is -4.18. The summed E-state index contributed by atoms with van der Waals surface area (Å²) in [6, 6.07) is 36.2. The largest absolute Gasteiger partial charge is 0.489 e. The average Bonchev–Trinajstić information content (AvgIpc) is 2.89. The first-order chi connectivity index (χ1) is 16.9. The van der Waals surface area contributed by atoms with Gasteiger partial charge in [-0.15, -0.1) is 0 Å². The Morgan fingerprint density at radius 2 is 0.853 bits per heavy atom. The summed E-state index contributed by atoms with van der Waals surface area (Å²) in [5.74, 6) is 1.58. The molecule has 4 nitrogen and oxygen atoms in total. The van der Waals surface area contributed by atoms with Gasteiger partial charge in [-0.25, -0.2) is 0 Å². The highest BCUT2D eigenvalue weighted by Gasteiger charge is 2.03. The van der Waals surface area contributed by atoms with Gasteiger partial charge in [-0.3, -0.25) is 9.98 Å². The van der Waals surface area contributed by atoms with Gasteiger partial charge >= 0.3 is 0 Å². The number of ether oxygens (including phenoxy) is 2. The minimum absolute atomic E-state index is 0.430. The Labute approximate surface area is 201 Å². The molecule has 0 atom stereocenters. The lowest BCUT2D eigenvalue weighted by Crippen LogP contribution is -2.10. The monoisotopic (exact) mass is 448 g/mol. The van der Waals surface area contributed by atoms with E-state index in [2.05, 4.69) is 34.3 Å². The van der Waals surface area contributed by atoms with Crippen molar-refractivity contribution in [3.8, 4) is 11.5 Å². The SMILES string of the molecule is C(=NCc1ccccc1)c1ccccc1OCCOc1ccccc1C=NCc1ccccc1. The van der Waals surface area contributed by atoms with E-state index in [1.165, 1.54) is 11.1 Å². The van der Waals surface area contributed by atoms with Gasteiger partial charge in [0.2, 0.25) is 0 Å². The number of aliphatic imine (C=N–C) groups is 2. The zero-order valence-corrected chi connectivity index (χ0v) is 19.1. The Kier molecular flexibility index (Phi) is 8.63. The molecule has 0 aromatic heterocycles. The number of para-hydroxylation sites is 2. The van der Waals surface area contributed by atoms with E-state index in [0.29, 0.717) is 26.3 Å². The zero-order chi connectivity index (χ0) is 23.3. The summed E-state index contributed by atoms with van der Waals surface area (Å²) in [7, 11) is 0. The van der Waals surface area contributed by atoms with Gasteiger partial charge in [-0.05, 0) is 35.4 Å². The topological polar surface area (TPSA) is 43.2 Å². The summed E-state index contributed by atoms with van der Waals surface area (Å²) in [6.07, 6.45) is 3.73. The molecular formula is C30H28N2O2. The second-order valence-corrected chi connectivity index (χ2v) is 7.68. The Morgan fingerprint density at radius 3 is 1.29 bits per heavy atom. The summed E-state index contributed by atoms with van der Waals surface area (Å²) < 4.78 is 12.0. The molecule has 4 heteroatoms. The lowest BCUT2D eigenvalue weighted by molar-refractivity contribution is 0.217. The van der Waals surface area contributed by atoms with E-state index in [-0.39, 0.29) is 0 Å². The number of nitrogens with zero attached hydrogens (tertiary/aromatic N) is 2. The molecule has 0 saturated carbocycles. The molecule has 0 amide bonds. The van der Waals surface area contributed by atoms with Crippen LogP contribution in [0, 0.1) is 0 Å². The van der Waals surface area contributed by atoms with E-state index in [1.54, 1.807) is 0 Å². The molecule has 0 radical (unpaired) electrons. The van der Waals surface area contributed by atoms with Gasteiger partial charge in [-0.1, -0.05) is 84.9 Å². The van der Waals surface area contributed by atoms with Gasteiger partial charge in [-0.2, -0.15) is 0 Å². The molecule has 0 aliphatic carbocycles. The fraction of sp³-hybridized carbons (Fsp3) is 0.133. The van der Waals surface area contributed by atoms with Crippen molar-refractivity contribution in [2.45, 2.75) is 13.1 Å². The van der Waals surface area contributed by atoms with E-state index in [4.69, 9.17) is 9.47 Å². The summed E-state index contributed by atoms with van der Waals surface area (Å²) in [6.45, 7) is 2.14. The van der Waals surface area contributed by atoms with Crippen LogP contribution in [0.2, 0.25) is 0 Å². The molecule has 0 unspecified atom stereocenters. The van der Waals surface area contributed by atoms with Crippen molar-refractivity contribution >= 4 is 12.4 Å². The third-order valence-electron chi connectivity index (χ3n) is 5.13. The van der Waals surface area contributed by atoms with Gasteiger partial charge in [0.15, 0.2) is 0 Å².